The van der Waals surface area contributed by atoms with Gasteiger partial charge in [-0.1, -0.05) is 25.0 Å². The molecule has 0 aliphatic heterocycles. The molecular formula is C32H30N6OS. The summed E-state index contributed by atoms with van der Waals surface area (Å²) in [4.78, 5) is 26.4. The number of H-pyrrole nitrogens is 2. The quantitative estimate of drug-likeness (QED) is 0.173. The Kier molecular flexibility index (Phi) is 6.49. The molecule has 0 spiro atoms. The van der Waals surface area contributed by atoms with Crippen molar-refractivity contribution in [1.29, 1.82) is 0 Å². The zero-order chi connectivity index (χ0) is 27.1. The van der Waals surface area contributed by atoms with Crippen LogP contribution < -0.4 is 5.32 Å². The van der Waals surface area contributed by atoms with Crippen molar-refractivity contribution in [3.63, 3.8) is 0 Å². The molecule has 7 rings (SSSR count). The lowest BCUT2D eigenvalue weighted by molar-refractivity contribution is 0.102. The number of benzene rings is 1. The topological polar surface area (TPSA) is 99.4 Å². The summed E-state index contributed by atoms with van der Waals surface area (Å²) < 4.78 is 0. The maximum Gasteiger partial charge on any atom is 0.181 e. The number of rotatable bonds is 8. The summed E-state index contributed by atoms with van der Waals surface area (Å²) in [6.45, 7) is 3.50. The molecule has 0 atom stereocenters. The number of nitrogens with zero attached hydrogens (tertiary/aromatic N) is 3. The Morgan fingerprint density at radius 1 is 1.02 bits per heavy atom. The molecule has 1 saturated carbocycles. The molecule has 5 aromatic heterocycles. The predicted octanol–water partition coefficient (Wildman–Crippen LogP) is 7.38. The normalized spacial score (nSPS) is 14.0. The van der Waals surface area contributed by atoms with Crippen molar-refractivity contribution >= 4 is 39.1 Å². The SMILES string of the molecule is CC(=O)c1ccc(-c2cccc3[nH]c(-c4[nH]nc5ncc(-c6cncc(CNCC7CCCC7)c6)cc45)cc23)s1. The first-order valence-corrected chi connectivity index (χ1v) is 14.7. The highest BCUT2D eigenvalue weighted by Crippen LogP contribution is 2.37. The van der Waals surface area contributed by atoms with Crippen LogP contribution in [0.1, 0.15) is 47.8 Å². The van der Waals surface area contributed by atoms with E-state index in [1.54, 1.807) is 6.92 Å². The second-order valence-corrected chi connectivity index (χ2v) is 11.8. The second kappa shape index (κ2) is 10.4. The summed E-state index contributed by atoms with van der Waals surface area (Å²) >= 11 is 1.53. The van der Waals surface area contributed by atoms with Crippen LogP contribution in [0.2, 0.25) is 0 Å². The van der Waals surface area contributed by atoms with E-state index in [1.165, 1.54) is 42.6 Å². The summed E-state index contributed by atoms with van der Waals surface area (Å²) in [5.74, 6) is 0.901. The third-order valence-corrected chi connectivity index (χ3v) is 9.15. The zero-order valence-corrected chi connectivity index (χ0v) is 23.1. The molecule has 0 amide bonds. The number of aromatic nitrogens is 5. The first-order valence-electron chi connectivity index (χ1n) is 13.8. The largest absolute Gasteiger partial charge is 0.353 e. The van der Waals surface area contributed by atoms with Gasteiger partial charge in [0.1, 0.15) is 0 Å². The smallest absolute Gasteiger partial charge is 0.181 e. The fourth-order valence-electron chi connectivity index (χ4n) is 5.82. The summed E-state index contributed by atoms with van der Waals surface area (Å²) in [5, 5.41) is 13.4. The van der Waals surface area contributed by atoms with Crippen molar-refractivity contribution in [2.75, 3.05) is 6.54 Å². The molecule has 7 nitrogen and oxygen atoms in total. The van der Waals surface area contributed by atoms with Gasteiger partial charge in [-0.25, -0.2) is 4.98 Å². The van der Waals surface area contributed by atoms with Crippen LogP contribution in [-0.4, -0.2) is 37.5 Å². The molecule has 1 fully saturated rings. The van der Waals surface area contributed by atoms with Crippen LogP contribution in [0, 0.1) is 5.92 Å². The summed E-state index contributed by atoms with van der Waals surface area (Å²) in [5.41, 5.74) is 7.85. The van der Waals surface area contributed by atoms with Crippen LogP contribution in [-0.2, 0) is 6.54 Å². The van der Waals surface area contributed by atoms with E-state index in [0.717, 1.165) is 73.1 Å². The number of carbonyl (C=O) groups is 1. The van der Waals surface area contributed by atoms with Gasteiger partial charge in [0.25, 0.3) is 0 Å². The van der Waals surface area contributed by atoms with E-state index in [-0.39, 0.29) is 5.78 Å². The summed E-state index contributed by atoms with van der Waals surface area (Å²) in [6.07, 6.45) is 11.1. The summed E-state index contributed by atoms with van der Waals surface area (Å²) in [6, 6.07) is 16.6. The van der Waals surface area contributed by atoms with E-state index in [9.17, 15) is 4.79 Å². The third-order valence-electron chi connectivity index (χ3n) is 7.93. The van der Waals surface area contributed by atoms with E-state index < -0.39 is 0 Å². The molecule has 8 heteroatoms. The lowest BCUT2D eigenvalue weighted by Gasteiger charge is -2.11. The van der Waals surface area contributed by atoms with Crippen molar-refractivity contribution in [3.05, 3.63) is 77.6 Å². The number of aromatic amines is 2. The average molecular weight is 547 g/mol. The van der Waals surface area contributed by atoms with E-state index in [0.29, 0.717) is 5.65 Å². The minimum atomic E-state index is 0.0893. The van der Waals surface area contributed by atoms with Crippen LogP contribution in [0.25, 0.3) is 54.9 Å². The van der Waals surface area contributed by atoms with Crippen molar-refractivity contribution in [1.82, 2.24) is 30.5 Å². The molecule has 3 N–H and O–H groups in total. The highest BCUT2D eigenvalue weighted by atomic mass is 32.1. The van der Waals surface area contributed by atoms with Gasteiger partial charge in [-0.05, 0) is 74.2 Å². The van der Waals surface area contributed by atoms with Crippen molar-refractivity contribution in [2.45, 2.75) is 39.2 Å². The molecule has 0 radical (unpaired) electrons. The first-order chi connectivity index (χ1) is 19.6. The molecule has 6 aromatic rings. The minimum Gasteiger partial charge on any atom is -0.353 e. The number of carbonyl (C=O) groups excluding carboxylic acids is 1. The van der Waals surface area contributed by atoms with E-state index in [1.807, 2.05) is 36.8 Å². The Labute approximate surface area is 236 Å². The molecule has 1 aromatic carbocycles. The number of pyridine rings is 2. The summed E-state index contributed by atoms with van der Waals surface area (Å²) in [7, 11) is 0. The Morgan fingerprint density at radius 2 is 1.90 bits per heavy atom. The fourth-order valence-corrected chi connectivity index (χ4v) is 6.76. The van der Waals surface area contributed by atoms with Gasteiger partial charge in [-0.15, -0.1) is 11.3 Å². The van der Waals surface area contributed by atoms with Gasteiger partial charge in [0.15, 0.2) is 11.4 Å². The Bertz CT molecular complexity index is 1840. The highest BCUT2D eigenvalue weighted by Gasteiger charge is 2.17. The number of fused-ring (bicyclic) bond motifs is 2. The van der Waals surface area contributed by atoms with Gasteiger partial charge in [0, 0.05) is 63.0 Å². The molecular weight excluding hydrogens is 516 g/mol. The first kappa shape index (κ1) is 24.9. The molecule has 1 aliphatic rings. The molecule has 1 aliphatic carbocycles. The second-order valence-electron chi connectivity index (χ2n) is 10.7. The van der Waals surface area contributed by atoms with E-state index in [2.05, 4.69) is 60.8 Å². The van der Waals surface area contributed by atoms with E-state index >= 15 is 0 Å². The van der Waals surface area contributed by atoms with Gasteiger partial charge < -0.3 is 10.3 Å². The zero-order valence-electron chi connectivity index (χ0n) is 22.3. The monoisotopic (exact) mass is 546 g/mol. The van der Waals surface area contributed by atoms with Gasteiger partial charge in [0.2, 0.25) is 0 Å². The van der Waals surface area contributed by atoms with Gasteiger partial charge in [-0.3, -0.25) is 14.9 Å². The van der Waals surface area contributed by atoms with Gasteiger partial charge in [0.05, 0.1) is 16.3 Å². The number of thiophene rings is 1. The average Bonchev–Trinajstić information content (AvgIpc) is 3.78. The number of Topliss-reactive ketones (excluding diaryl/α,β-unsaturated/α-hetero) is 1. The van der Waals surface area contributed by atoms with Crippen molar-refractivity contribution in [3.8, 4) is 33.0 Å². The molecule has 5 heterocycles. The maximum absolute atomic E-state index is 11.9. The minimum absolute atomic E-state index is 0.0893. The number of ketones is 1. The van der Waals surface area contributed by atoms with Gasteiger partial charge >= 0.3 is 0 Å². The Balaban J connectivity index is 1.20. The number of hydrogen-bond donors (Lipinski definition) is 3. The highest BCUT2D eigenvalue weighted by molar-refractivity contribution is 7.17. The van der Waals surface area contributed by atoms with Crippen LogP contribution in [0.15, 0.2) is 67.1 Å². The number of hydrogen-bond acceptors (Lipinski definition) is 6. The molecule has 0 unspecified atom stereocenters. The van der Waals surface area contributed by atoms with E-state index in [4.69, 9.17) is 0 Å². The predicted molar refractivity (Wildman–Crippen MR) is 161 cm³/mol. The molecule has 40 heavy (non-hydrogen) atoms. The Hall–Kier alpha value is -4.14. The van der Waals surface area contributed by atoms with Crippen molar-refractivity contribution < 1.29 is 4.79 Å². The lowest BCUT2D eigenvalue weighted by Crippen LogP contribution is -2.20. The van der Waals surface area contributed by atoms with Crippen LogP contribution in [0.5, 0.6) is 0 Å². The number of nitrogens with one attached hydrogen (secondary N) is 3. The van der Waals surface area contributed by atoms with Crippen LogP contribution in [0.4, 0.5) is 0 Å². The third kappa shape index (κ3) is 4.74. The van der Waals surface area contributed by atoms with Crippen LogP contribution in [0.3, 0.4) is 0 Å². The Morgan fingerprint density at radius 3 is 2.75 bits per heavy atom. The molecule has 0 bridgehead atoms. The standard InChI is InChI=1S/C32H30N6OS/c1-19(39)29-9-10-30(40-29)24-7-4-8-27-25(24)13-28(36-27)31-26-12-23(18-35-32(26)38-37-31)22-11-21(16-34-17-22)15-33-14-20-5-2-3-6-20/h4,7-13,16-18,20,33,36H,2-3,5-6,14-15H2,1H3,(H,35,37,38). The molecule has 200 valence electrons. The van der Waals surface area contributed by atoms with Gasteiger partial charge in [-0.2, -0.15) is 5.10 Å². The van der Waals surface area contributed by atoms with Crippen molar-refractivity contribution in [2.24, 2.45) is 5.92 Å². The molecule has 0 saturated heterocycles. The van der Waals surface area contributed by atoms with Crippen LogP contribution >= 0.6 is 11.3 Å². The lowest BCUT2D eigenvalue weighted by atomic mass is 10.0. The maximum atomic E-state index is 11.9. The fraction of sp³-hybridized carbons (Fsp3) is 0.250.